The van der Waals surface area contributed by atoms with Gasteiger partial charge in [-0.25, -0.2) is 9.78 Å². The molecule has 3 nitrogen and oxygen atoms in total. The smallest absolute Gasteiger partial charge is 0.347 e. The Hall–Kier alpha value is -0.810. The molecule has 5 heteroatoms. The van der Waals surface area contributed by atoms with Crippen LogP contribution in [-0.2, 0) is 0 Å². The molecule has 0 atom stereocenters. The van der Waals surface area contributed by atoms with Crippen LogP contribution in [0.1, 0.15) is 26.8 Å². The van der Waals surface area contributed by atoms with Gasteiger partial charge in [0.1, 0.15) is 9.88 Å². The molecule has 0 saturated heterocycles. The van der Waals surface area contributed by atoms with Crippen molar-refractivity contribution in [1.29, 1.82) is 0 Å². The van der Waals surface area contributed by atoms with Crippen molar-refractivity contribution in [2.45, 2.75) is 13.3 Å². The van der Waals surface area contributed by atoms with Crippen LogP contribution in [0.15, 0.2) is 6.08 Å². The first-order valence-corrected chi connectivity index (χ1v) is 5.58. The number of carboxylic acid groups (broad SMARTS) is 1. The number of carboxylic acids is 1. The predicted molar refractivity (Wildman–Crippen MR) is 61.3 cm³/mol. The molecule has 1 heterocycles. The molecule has 0 aromatic carbocycles. The summed E-state index contributed by atoms with van der Waals surface area (Å²) in [7, 11) is 0. The third-order valence-corrected chi connectivity index (χ3v) is 2.93. The van der Waals surface area contributed by atoms with E-state index in [0.717, 1.165) is 17.2 Å². The molecule has 1 aromatic heterocycles. The number of nitrogens with zero attached hydrogens (tertiary/aromatic N) is 1. The van der Waals surface area contributed by atoms with Crippen LogP contribution in [0.4, 0.5) is 0 Å². The zero-order valence-electron chi connectivity index (χ0n) is 7.73. The van der Waals surface area contributed by atoms with E-state index >= 15 is 0 Å². The van der Waals surface area contributed by atoms with Gasteiger partial charge in [-0.3, -0.25) is 0 Å². The summed E-state index contributed by atoms with van der Waals surface area (Å²) in [5.41, 5.74) is 0.577. The van der Waals surface area contributed by atoms with Crippen LogP contribution in [0, 0.1) is 6.92 Å². The number of aromatic nitrogens is 1. The van der Waals surface area contributed by atoms with Gasteiger partial charge in [-0.05, 0) is 25.2 Å². The molecular weight excluding hydrogens is 218 g/mol. The van der Waals surface area contributed by atoms with Crippen molar-refractivity contribution in [2.75, 3.05) is 5.75 Å². The Labute approximate surface area is 91.9 Å². The highest BCUT2D eigenvalue weighted by molar-refractivity contribution is 7.80. The van der Waals surface area contributed by atoms with Gasteiger partial charge in [0.05, 0.1) is 5.69 Å². The molecule has 1 aromatic rings. The van der Waals surface area contributed by atoms with E-state index in [1.807, 2.05) is 12.2 Å². The Bertz CT molecular complexity index is 358. The molecule has 1 N–H and O–H groups in total. The van der Waals surface area contributed by atoms with Crippen LogP contribution in [0.25, 0.3) is 6.08 Å². The molecular formula is C9H11NO2S2. The van der Waals surface area contributed by atoms with Crippen molar-refractivity contribution >= 4 is 36.0 Å². The van der Waals surface area contributed by atoms with E-state index in [4.69, 9.17) is 5.11 Å². The second-order valence-electron chi connectivity index (χ2n) is 2.69. The minimum Gasteiger partial charge on any atom is -0.477 e. The summed E-state index contributed by atoms with van der Waals surface area (Å²) in [6.07, 6.45) is 4.64. The third kappa shape index (κ3) is 2.85. The Kier molecular flexibility index (Phi) is 4.16. The van der Waals surface area contributed by atoms with E-state index in [1.54, 1.807) is 6.92 Å². The first-order chi connectivity index (χ1) is 6.65. The Morgan fingerprint density at radius 1 is 1.71 bits per heavy atom. The molecule has 0 unspecified atom stereocenters. The predicted octanol–water partition coefficient (Wildman–Crippen LogP) is 2.48. The lowest BCUT2D eigenvalue weighted by Gasteiger charge is -1.84. The highest BCUT2D eigenvalue weighted by Crippen LogP contribution is 2.19. The highest BCUT2D eigenvalue weighted by atomic mass is 32.1. The van der Waals surface area contributed by atoms with Crippen LogP contribution < -0.4 is 0 Å². The molecule has 0 saturated carbocycles. The fourth-order valence-corrected chi connectivity index (χ4v) is 1.93. The number of thiazole rings is 1. The molecule has 0 amide bonds. The number of rotatable bonds is 4. The molecule has 0 spiro atoms. The Balaban J connectivity index is 2.81. The number of aromatic carboxylic acids is 1. The Morgan fingerprint density at radius 2 is 2.43 bits per heavy atom. The summed E-state index contributed by atoms with van der Waals surface area (Å²) >= 11 is 5.26. The standard InChI is InChI=1S/C9H11NO2S2/c1-6-8(9(11)12)14-7(10-6)4-2-3-5-13/h2,4,13H,3,5H2,1H3,(H,11,12). The van der Waals surface area contributed by atoms with Gasteiger partial charge in [0.15, 0.2) is 0 Å². The zero-order chi connectivity index (χ0) is 10.6. The normalized spacial score (nSPS) is 11.0. The van der Waals surface area contributed by atoms with Crippen LogP contribution in [-0.4, -0.2) is 21.8 Å². The van der Waals surface area contributed by atoms with Crippen LogP contribution in [0.5, 0.6) is 0 Å². The average Bonchev–Trinajstić information content (AvgIpc) is 2.47. The minimum atomic E-state index is -0.908. The van der Waals surface area contributed by atoms with E-state index in [1.165, 1.54) is 11.3 Å². The van der Waals surface area contributed by atoms with Gasteiger partial charge in [0.2, 0.25) is 0 Å². The second kappa shape index (κ2) is 5.17. The lowest BCUT2D eigenvalue weighted by atomic mass is 10.4. The molecule has 0 aliphatic heterocycles. The molecule has 1 rings (SSSR count). The maximum absolute atomic E-state index is 10.7. The van der Waals surface area contributed by atoms with Crippen molar-refractivity contribution in [2.24, 2.45) is 0 Å². The van der Waals surface area contributed by atoms with Crippen molar-refractivity contribution < 1.29 is 9.90 Å². The fourth-order valence-electron chi connectivity index (χ4n) is 0.946. The summed E-state index contributed by atoms with van der Waals surface area (Å²) < 4.78 is 0. The minimum absolute atomic E-state index is 0.315. The molecule has 76 valence electrons. The molecule has 0 fully saturated rings. The van der Waals surface area contributed by atoms with Gasteiger partial charge in [-0.15, -0.1) is 11.3 Å². The van der Waals surface area contributed by atoms with E-state index < -0.39 is 5.97 Å². The summed E-state index contributed by atoms with van der Waals surface area (Å²) in [5, 5.41) is 9.52. The third-order valence-electron chi connectivity index (χ3n) is 1.56. The van der Waals surface area contributed by atoms with Gasteiger partial charge < -0.3 is 5.11 Å². The maximum Gasteiger partial charge on any atom is 0.347 e. The van der Waals surface area contributed by atoms with Crippen molar-refractivity contribution in [3.8, 4) is 0 Å². The van der Waals surface area contributed by atoms with Crippen molar-refractivity contribution in [3.05, 3.63) is 21.7 Å². The number of carbonyl (C=O) groups is 1. The lowest BCUT2D eigenvalue weighted by Crippen LogP contribution is -1.94. The number of aryl methyl sites for hydroxylation is 1. The quantitative estimate of drug-likeness (QED) is 0.780. The summed E-state index contributed by atoms with van der Waals surface area (Å²) in [4.78, 5) is 15.1. The van der Waals surface area contributed by atoms with E-state index in [0.29, 0.717) is 10.6 Å². The van der Waals surface area contributed by atoms with E-state index in [2.05, 4.69) is 17.6 Å². The number of hydrogen-bond acceptors (Lipinski definition) is 4. The van der Waals surface area contributed by atoms with Crippen molar-refractivity contribution in [1.82, 2.24) is 4.98 Å². The van der Waals surface area contributed by atoms with Gasteiger partial charge in [-0.2, -0.15) is 12.6 Å². The average molecular weight is 229 g/mol. The van der Waals surface area contributed by atoms with Crippen LogP contribution in [0.2, 0.25) is 0 Å². The van der Waals surface area contributed by atoms with Crippen LogP contribution >= 0.6 is 24.0 Å². The SMILES string of the molecule is Cc1nc(C=CCCS)sc1C(=O)O. The number of thiol groups is 1. The summed E-state index contributed by atoms with van der Waals surface area (Å²) in [6, 6.07) is 0. The van der Waals surface area contributed by atoms with Crippen molar-refractivity contribution in [3.63, 3.8) is 0 Å². The van der Waals surface area contributed by atoms with Gasteiger partial charge in [-0.1, -0.05) is 6.08 Å². The molecule has 14 heavy (non-hydrogen) atoms. The summed E-state index contributed by atoms with van der Waals surface area (Å²) in [5.74, 6) is -0.124. The molecule has 0 aliphatic carbocycles. The number of hydrogen-bond donors (Lipinski definition) is 2. The first kappa shape index (κ1) is 11.3. The number of allylic oxidation sites excluding steroid dienone is 1. The fraction of sp³-hybridized carbons (Fsp3) is 0.333. The molecule has 0 bridgehead atoms. The Morgan fingerprint density at radius 3 is 2.93 bits per heavy atom. The highest BCUT2D eigenvalue weighted by Gasteiger charge is 2.11. The van der Waals surface area contributed by atoms with E-state index in [9.17, 15) is 4.79 Å². The zero-order valence-corrected chi connectivity index (χ0v) is 9.44. The monoisotopic (exact) mass is 229 g/mol. The van der Waals surface area contributed by atoms with Crippen LogP contribution in [0.3, 0.4) is 0 Å². The van der Waals surface area contributed by atoms with Gasteiger partial charge >= 0.3 is 5.97 Å². The second-order valence-corrected chi connectivity index (χ2v) is 4.16. The molecule has 0 aliphatic rings. The van der Waals surface area contributed by atoms with Gasteiger partial charge in [0.25, 0.3) is 0 Å². The topological polar surface area (TPSA) is 50.2 Å². The lowest BCUT2D eigenvalue weighted by molar-refractivity contribution is 0.0701. The summed E-state index contributed by atoms with van der Waals surface area (Å²) in [6.45, 7) is 1.70. The molecule has 0 radical (unpaired) electrons. The maximum atomic E-state index is 10.7. The van der Waals surface area contributed by atoms with E-state index in [-0.39, 0.29) is 0 Å². The van der Waals surface area contributed by atoms with Gasteiger partial charge in [0, 0.05) is 0 Å². The largest absolute Gasteiger partial charge is 0.477 e. The first-order valence-electron chi connectivity index (χ1n) is 4.13.